The third-order valence-electron chi connectivity index (χ3n) is 5.30. The molecule has 3 amide bonds. The molecule has 21 heavy (non-hydrogen) atoms. The van der Waals surface area contributed by atoms with Gasteiger partial charge in [0.05, 0.1) is 0 Å². The van der Waals surface area contributed by atoms with Gasteiger partial charge in [0.15, 0.2) is 0 Å². The molecule has 3 fully saturated rings. The van der Waals surface area contributed by atoms with E-state index in [4.69, 9.17) is 0 Å². The molecular formula is C15H26N4O2. The number of fused-ring (bicyclic) bond motifs is 1. The highest BCUT2D eigenvalue weighted by molar-refractivity contribution is 6.06. The van der Waals surface area contributed by atoms with Crippen molar-refractivity contribution in [1.82, 2.24) is 20.4 Å². The summed E-state index contributed by atoms with van der Waals surface area (Å²) in [5, 5.41) is 6.22. The first-order valence-electron chi connectivity index (χ1n) is 8.03. The molecule has 3 aliphatic heterocycles. The number of carbonyl (C=O) groups excluding carboxylic acids is 2. The fourth-order valence-electron chi connectivity index (χ4n) is 4.18. The number of carbonyl (C=O) groups is 2. The van der Waals surface area contributed by atoms with Crippen LogP contribution in [0.3, 0.4) is 0 Å². The monoisotopic (exact) mass is 294 g/mol. The van der Waals surface area contributed by atoms with Crippen LogP contribution in [-0.4, -0.2) is 66.0 Å². The molecule has 2 N–H and O–H groups in total. The average Bonchev–Trinajstić information content (AvgIpc) is 3.02. The van der Waals surface area contributed by atoms with Crippen LogP contribution in [0, 0.1) is 11.8 Å². The highest BCUT2D eigenvalue weighted by Gasteiger charge is 2.46. The van der Waals surface area contributed by atoms with Gasteiger partial charge in [-0.2, -0.15) is 0 Å². The fourth-order valence-corrected chi connectivity index (χ4v) is 4.18. The normalized spacial score (nSPS) is 35.4. The minimum Gasteiger partial charge on any atom is -0.324 e. The van der Waals surface area contributed by atoms with Gasteiger partial charge in [-0.25, -0.2) is 4.79 Å². The largest absolute Gasteiger partial charge is 0.325 e. The second kappa shape index (κ2) is 5.25. The Kier molecular flexibility index (Phi) is 3.69. The molecule has 0 aromatic carbocycles. The second-order valence-corrected chi connectivity index (χ2v) is 7.06. The van der Waals surface area contributed by atoms with Crippen LogP contribution in [0.4, 0.5) is 4.79 Å². The van der Waals surface area contributed by atoms with E-state index in [1.807, 2.05) is 0 Å². The summed E-state index contributed by atoms with van der Waals surface area (Å²) in [7, 11) is 0. The van der Waals surface area contributed by atoms with Gasteiger partial charge >= 0.3 is 6.03 Å². The van der Waals surface area contributed by atoms with Gasteiger partial charge in [-0.15, -0.1) is 0 Å². The van der Waals surface area contributed by atoms with Gasteiger partial charge < -0.3 is 10.6 Å². The smallest absolute Gasteiger partial charge is 0.324 e. The summed E-state index contributed by atoms with van der Waals surface area (Å²) in [6.07, 6.45) is 1.13. The van der Waals surface area contributed by atoms with Crippen molar-refractivity contribution >= 4 is 11.9 Å². The molecule has 3 saturated heterocycles. The number of nitrogens with zero attached hydrogens (tertiary/aromatic N) is 2. The zero-order valence-electron chi connectivity index (χ0n) is 13.2. The van der Waals surface area contributed by atoms with Crippen molar-refractivity contribution in [3.8, 4) is 0 Å². The van der Waals surface area contributed by atoms with Crippen molar-refractivity contribution in [3.05, 3.63) is 0 Å². The number of imide groups is 1. The molecule has 3 heterocycles. The molecule has 0 spiro atoms. The van der Waals surface area contributed by atoms with Gasteiger partial charge in [0.2, 0.25) is 0 Å². The molecule has 3 rings (SSSR count). The highest BCUT2D eigenvalue weighted by Crippen LogP contribution is 2.34. The summed E-state index contributed by atoms with van der Waals surface area (Å²) in [5.74, 6) is 1.35. The molecule has 3 aliphatic rings. The predicted molar refractivity (Wildman–Crippen MR) is 79.8 cm³/mol. The lowest BCUT2D eigenvalue weighted by atomic mass is 9.93. The van der Waals surface area contributed by atoms with Crippen molar-refractivity contribution in [2.45, 2.75) is 38.8 Å². The number of hydrogen-bond acceptors (Lipinski definition) is 4. The summed E-state index contributed by atoms with van der Waals surface area (Å²) in [4.78, 5) is 28.0. The van der Waals surface area contributed by atoms with Crippen LogP contribution in [0.1, 0.15) is 27.2 Å². The molecular weight excluding hydrogens is 268 g/mol. The molecule has 0 saturated carbocycles. The third-order valence-corrected chi connectivity index (χ3v) is 5.30. The Balaban J connectivity index is 1.60. The topological polar surface area (TPSA) is 64.7 Å². The minimum absolute atomic E-state index is 0.110. The first kappa shape index (κ1) is 14.8. The van der Waals surface area contributed by atoms with E-state index in [9.17, 15) is 9.59 Å². The molecule has 3 atom stereocenters. The average molecular weight is 294 g/mol. The van der Waals surface area contributed by atoms with E-state index in [0.29, 0.717) is 12.6 Å². The first-order chi connectivity index (χ1) is 9.94. The van der Waals surface area contributed by atoms with Crippen LogP contribution in [0.25, 0.3) is 0 Å². The van der Waals surface area contributed by atoms with Gasteiger partial charge in [-0.05, 0) is 45.2 Å². The molecule has 0 bridgehead atoms. The Hall–Kier alpha value is -1.14. The molecule has 0 aromatic heterocycles. The van der Waals surface area contributed by atoms with Crippen molar-refractivity contribution < 1.29 is 9.59 Å². The van der Waals surface area contributed by atoms with Crippen LogP contribution in [0.15, 0.2) is 0 Å². The van der Waals surface area contributed by atoms with Crippen LogP contribution >= 0.6 is 0 Å². The van der Waals surface area contributed by atoms with E-state index in [0.717, 1.165) is 44.4 Å². The fraction of sp³-hybridized carbons (Fsp3) is 0.867. The molecule has 0 aliphatic carbocycles. The number of amides is 3. The van der Waals surface area contributed by atoms with Gasteiger partial charge in [0, 0.05) is 25.7 Å². The van der Waals surface area contributed by atoms with Gasteiger partial charge in [-0.1, -0.05) is 6.92 Å². The van der Waals surface area contributed by atoms with Gasteiger partial charge in [0.25, 0.3) is 5.91 Å². The minimum atomic E-state index is -0.757. The van der Waals surface area contributed by atoms with Crippen molar-refractivity contribution in [1.29, 1.82) is 0 Å². The lowest BCUT2D eigenvalue weighted by Gasteiger charge is -2.28. The lowest BCUT2D eigenvalue weighted by molar-refractivity contribution is -0.130. The molecule has 0 aromatic rings. The van der Waals surface area contributed by atoms with E-state index in [-0.39, 0.29) is 11.9 Å². The van der Waals surface area contributed by atoms with Crippen LogP contribution in [0.5, 0.6) is 0 Å². The quantitative estimate of drug-likeness (QED) is 0.729. The number of likely N-dealkylation sites (tertiary alicyclic amines) is 1. The number of nitrogens with one attached hydrogen (secondary N) is 2. The Labute approximate surface area is 126 Å². The van der Waals surface area contributed by atoms with Crippen molar-refractivity contribution in [2.75, 3.05) is 32.7 Å². The van der Waals surface area contributed by atoms with Crippen molar-refractivity contribution in [2.24, 2.45) is 11.8 Å². The van der Waals surface area contributed by atoms with E-state index in [1.165, 1.54) is 4.90 Å². The maximum Gasteiger partial charge on any atom is 0.325 e. The zero-order valence-corrected chi connectivity index (χ0v) is 13.2. The van der Waals surface area contributed by atoms with E-state index >= 15 is 0 Å². The standard InChI is InChI=1S/C15H26N4O2/c1-4-12-11-8-16-7-10(11)9-18(12)5-6-19-13(20)15(2,3)17-14(19)21/h10-12,16H,4-9H2,1-3H3,(H,17,21). The molecule has 3 unspecified atom stereocenters. The summed E-state index contributed by atoms with van der Waals surface area (Å²) in [6, 6.07) is 0.331. The van der Waals surface area contributed by atoms with Gasteiger partial charge in [-0.3, -0.25) is 14.6 Å². The number of hydrogen-bond donors (Lipinski definition) is 2. The molecule has 6 nitrogen and oxygen atoms in total. The Morgan fingerprint density at radius 2 is 2.00 bits per heavy atom. The first-order valence-corrected chi connectivity index (χ1v) is 8.03. The molecule has 0 radical (unpaired) electrons. The van der Waals surface area contributed by atoms with Crippen LogP contribution in [0.2, 0.25) is 0 Å². The molecule has 6 heteroatoms. The lowest BCUT2D eigenvalue weighted by Crippen LogP contribution is -2.43. The maximum atomic E-state index is 12.2. The summed E-state index contributed by atoms with van der Waals surface area (Å²) in [6.45, 7) is 10.3. The number of rotatable bonds is 4. The molecule has 118 valence electrons. The summed E-state index contributed by atoms with van der Waals surface area (Å²) < 4.78 is 0. The SMILES string of the molecule is CCC1C2CNCC2CN1CCN1C(=O)NC(C)(C)C1=O. The van der Waals surface area contributed by atoms with E-state index in [1.54, 1.807) is 13.8 Å². The Morgan fingerprint density at radius 1 is 1.24 bits per heavy atom. The second-order valence-electron chi connectivity index (χ2n) is 7.06. The predicted octanol–water partition coefficient (Wildman–Crippen LogP) is 0.247. The summed E-state index contributed by atoms with van der Waals surface area (Å²) >= 11 is 0. The van der Waals surface area contributed by atoms with Crippen LogP contribution in [-0.2, 0) is 4.79 Å². The maximum absolute atomic E-state index is 12.2. The highest BCUT2D eigenvalue weighted by atomic mass is 16.2. The number of urea groups is 1. The van der Waals surface area contributed by atoms with E-state index in [2.05, 4.69) is 22.5 Å². The Bertz CT molecular complexity index is 451. The van der Waals surface area contributed by atoms with Crippen molar-refractivity contribution in [3.63, 3.8) is 0 Å². The van der Waals surface area contributed by atoms with Gasteiger partial charge in [0.1, 0.15) is 5.54 Å². The zero-order chi connectivity index (χ0) is 15.2. The summed E-state index contributed by atoms with van der Waals surface area (Å²) in [5.41, 5.74) is -0.757. The Morgan fingerprint density at radius 3 is 2.62 bits per heavy atom. The van der Waals surface area contributed by atoms with Crippen LogP contribution < -0.4 is 10.6 Å². The van der Waals surface area contributed by atoms with E-state index < -0.39 is 5.54 Å². The third kappa shape index (κ3) is 2.44.